The summed E-state index contributed by atoms with van der Waals surface area (Å²) in [5.41, 5.74) is 0.739. The molecule has 0 saturated carbocycles. The molecule has 3 nitrogen and oxygen atoms in total. The fourth-order valence-corrected chi connectivity index (χ4v) is 2.51. The Morgan fingerprint density at radius 3 is 2.42 bits per heavy atom. The zero-order chi connectivity index (χ0) is 14.3. The molecule has 0 fully saturated rings. The molecule has 1 unspecified atom stereocenters. The van der Waals surface area contributed by atoms with Gasteiger partial charge in [-0.15, -0.1) is 11.8 Å². The minimum absolute atomic E-state index is 0.180. The van der Waals surface area contributed by atoms with E-state index in [2.05, 4.69) is 11.7 Å². The molecule has 4 heteroatoms. The summed E-state index contributed by atoms with van der Waals surface area (Å²) in [5.74, 6) is -0.0625. The number of carbonyl (C=O) groups excluding carboxylic acids is 2. The van der Waals surface area contributed by atoms with Gasteiger partial charge in [0.05, 0.1) is 7.11 Å². The Morgan fingerprint density at radius 1 is 1.26 bits per heavy atom. The lowest BCUT2D eigenvalue weighted by atomic mass is 10.1. The third kappa shape index (κ3) is 5.07. The van der Waals surface area contributed by atoms with Crippen LogP contribution in [0.5, 0.6) is 0 Å². The van der Waals surface area contributed by atoms with Crippen molar-refractivity contribution in [2.24, 2.45) is 0 Å². The Kier molecular flexibility index (Phi) is 6.64. The van der Waals surface area contributed by atoms with Gasteiger partial charge in [-0.3, -0.25) is 9.59 Å². The summed E-state index contributed by atoms with van der Waals surface area (Å²) < 4.78 is 4.68. The largest absolute Gasteiger partial charge is 0.468 e. The lowest BCUT2D eigenvalue weighted by molar-refractivity contribution is -0.139. The van der Waals surface area contributed by atoms with E-state index in [-0.39, 0.29) is 17.0 Å². The summed E-state index contributed by atoms with van der Waals surface area (Å²) >= 11 is 1.43. The summed E-state index contributed by atoms with van der Waals surface area (Å²) in [6.45, 7) is 3.87. The number of benzene rings is 1. The first-order chi connectivity index (χ1) is 9.08. The number of carbonyl (C=O) groups is 2. The molecule has 0 radical (unpaired) electrons. The minimum Gasteiger partial charge on any atom is -0.468 e. The lowest BCUT2D eigenvalue weighted by Crippen LogP contribution is -2.14. The van der Waals surface area contributed by atoms with Crippen molar-refractivity contribution in [3.05, 3.63) is 29.8 Å². The number of esters is 1. The molecule has 0 aliphatic carbocycles. The van der Waals surface area contributed by atoms with Crippen LogP contribution in [0.2, 0.25) is 0 Å². The van der Waals surface area contributed by atoms with Crippen LogP contribution >= 0.6 is 11.8 Å². The number of Topliss-reactive ketones (excluding diaryl/α,β-unsaturated/α-hetero) is 1. The SMILES string of the molecule is CCCCC(=O)c1ccc(SC(C)C(=O)OC)cc1. The van der Waals surface area contributed by atoms with Crippen LogP contribution in [-0.2, 0) is 9.53 Å². The Morgan fingerprint density at radius 2 is 1.89 bits per heavy atom. The van der Waals surface area contributed by atoms with Gasteiger partial charge in [0, 0.05) is 16.9 Å². The van der Waals surface area contributed by atoms with Crippen LogP contribution < -0.4 is 0 Å². The second-order valence-corrected chi connectivity index (χ2v) is 5.75. The number of methoxy groups -OCH3 is 1. The van der Waals surface area contributed by atoms with Crippen molar-refractivity contribution in [3.8, 4) is 0 Å². The fourth-order valence-electron chi connectivity index (χ4n) is 1.62. The van der Waals surface area contributed by atoms with E-state index in [1.807, 2.05) is 24.3 Å². The molecule has 0 N–H and O–H groups in total. The summed E-state index contributed by atoms with van der Waals surface area (Å²) in [5, 5.41) is -0.244. The highest BCUT2D eigenvalue weighted by Crippen LogP contribution is 2.24. The van der Waals surface area contributed by atoms with Gasteiger partial charge in [-0.25, -0.2) is 0 Å². The third-order valence-corrected chi connectivity index (χ3v) is 3.87. The van der Waals surface area contributed by atoms with Gasteiger partial charge in [-0.1, -0.05) is 25.5 Å². The summed E-state index contributed by atoms with van der Waals surface area (Å²) in [7, 11) is 1.38. The first-order valence-corrected chi connectivity index (χ1v) is 7.34. The number of thioether (sulfide) groups is 1. The molecule has 1 aromatic carbocycles. The molecular weight excluding hydrogens is 260 g/mol. The van der Waals surface area contributed by atoms with Crippen molar-refractivity contribution in [2.75, 3.05) is 7.11 Å². The molecule has 0 heterocycles. The second-order valence-electron chi connectivity index (χ2n) is 4.33. The predicted octanol–water partition coefficient (Wildman–Crippen LogP) is 3.71. The van der Waals surface area contributed by atoms with Crippen LogP contribution in [-0.4, -0.2) is 24.1 Å². The maximum Gasteiger partial charge on any atom is 0.318 e. The summed E-state index contributed by atoms with van der Waals surface area (Å²) in [6.07, 6.45) is 2.55. The number of rotatable bonds is 7. The molecule has 1 rings (SSSR count). The number of ether oxygens (including phenoxy) is 1. The van der Waals surface area contributed by atoms with Crippen LogP contribution in [0.4, 0.5) is 0 Å². The maximum absolute atomic E-state index is 11.8. The highest BCUT2D eigenvalue weighted by molar-refractivity contribution is 8.00. The quantitative estimate of drug-likeness (QED) is 0.434. The smallest absolute Gasteiger partial charge is 0.318 e. The zero-order valence-electron chi connectivity index (χ0n) is 11.6. The van der Waals surface area contributed by atoms with Gasteiger partial charge >= 0.3 is 5.97 Å². The van der Waals surface area contributed by atoms with Gasteiger partial charge in [-0.2, -0.15) is 0 Å². The minimum atomic E-state index is -0.244. The Hall–Kier alpha value is -1.29. The number of hydrogen-bond acceptors (Lipinski definition) is 4. The molecule has 0 saturated heterocycles. The van der Waals surface area contributed by atoms with Crippen molar-refractivity contribution in [3.63, 3.8) is 0 Å². The highest BCUT2D eigenvalue weighted by atomic mass is 32.2. The average molecular weight is 280 g/mol. The van der Waals surface area contributed by atoms with Crippen LogP contribution in [0.25, 0.3) is 0 Å². The Labute approximate surface area is 118 Å². The van der Waals surface area contributed by atoms with Crippen LogP contribution in [0, 0.1) is 0 Å². The zero-order valence-corrected chi connectivity index (χ0v) is 12.5. The molecule has 1 atom stereocenters. The number of unbranched alkanes of at least 4 members (excludes halogenated alkanes) is 1. The molecule has 0 bridgehead atoms. The molecule has 0 aliphatic heterocycles. The average Bonchev–Trinajstić information content (AvgIpc) is 2.44. The van der Waals surface area contributed by atoms with E-state index in [1.165, 1.54) is 18.9 Å². The maximum atomic E-state index is 11.8. The first kappa shape index (κ1) is 15.8. The molecule has 0 amide bonds. The van der Waals surface area contributed by atoms with E-state index in [0.29, 0.717) is 6.42 Å². The molecular formula is C15H20O3S. The monoisotopic (exact) mass is 280 g/mol. The number of ketones is 1. The Bertz CT molecular complexity index is 426. The van der Waals surface area contributed by atoms with E-state index >= 15 is 0 Å². The van der Waals surface area contributed by atoms with E-state index in [9.17, 15) is 9.59 Å². The van der Waals surface area contributed by atoms with Crippen molar-refractivity contribution >= 4 is 23.5 Å². The molecule has 1 aromatic rings. The first-order valence-electron chi connectivity index (χ1n) is 6.46. The van der Waals surface area contributed by atoms with Gasteiger partial charge < -0.3 is 4.74 Å². The van der Waals surface area contributed by atoms with Crippen LogP contribution in [0.3, 0.4) is 0 Å². The van der Waals surface area contributed by atoms with Crippen molar-refractivity contribution in [1.82, 2.24) is 0 Å². The summed E-state index contributed by atoms with van der Waals surface area (Å²) in [6, 6.07) is 7.40. The normalized spacial score (nSPS) is 11.9. The van der Waals surface area contributed by atoms with Gasteiger partial charge in [0.2, 0.25) is 0 Å². The predicted molar refractivity (Wildman–Crippen MR) is 77.6 cm³/mol. The fraction of sp³-hybridized carbons (Fsp3) is 0.467. The third-order valence-electron chi connectivity index (χ3n) is 2.78. The molecule has 104 valence electrons. The van der Waals surface area contributed by atoms with E-state index in [0.717, 1.165) is 23.3 Å². The number of hydrogen-bond donors (Lipinski definition) is 0. The van der Waals surface area contributed by atoms with Crippen molar-refractivity contribution in [1.29, 1.82) is 0 Å². The van der Waals surface area contributed by atoms with Gasteiger partial charge in [0.25, 0.3) is 0 Å². The van der Waals surface area contributed by atoms with Gasteiger partial charge in [0.15, 0.2) is 5.78 Å². The lowest BCUT2D eigenvalue weighted by Gasteiger charge is -2.09. The topological polar surface area (TPSA) is 43.4 Å². The van der Waals surface area contributed by atoms with E-state index in [4.69, 9.17) is 0 Å². The van der Waals surface area contributed by atoms with Crippen molar-refractivity contribution < 1.29 is 14.3 Å². The summed E-state index contributed by atoms with van der Waals surface area (Å²) in [4.78, 5) is 24.1. The van der Waals surface area contributed by atoms with Gasteiger partial charge in [0.1, 0.15) is 5.25 Å². The van der Waals surface area contributed by atoms with Crippen LogP contribution in [0.1, 0.15) is 43.5 Å². The van der Waals surface area contributed by atoms with Crippen molar-refractivity contribution in [2.45, 2.75) is 43.3 Å². The standard InChI is InChI=1S/C15H20O3S/c1-4-5-6-14(16)12-7-9-13(10-8-12)19-11(2)15(17)18-3/h7-11H,4-6H2,1-3H3. The second kappa shape index (κ2) is 8.00. The highest BCUT2D eigenvalue weighted by Gasteiger charge is 2.14. The molecule has 19 heavy (non-hydrogen) atoms. The van der Waals surface area contributed by atoms with Gasteiger partial charge in [-0.05, 0) is 25.5 Å². The molecule has 0 aromatic heterocycles. The molecule has 0 aliphatic rings. The Balaban J connectivity index is 2.61. The molecule has 0 spiro atoms. The van der Waals surface area contributed by atoms with E-state index < -0.39 is 0 Å². The van der Waals surface area contributed by atoms with E-state index in [1.54, 1.807) is 6.92 Å². The van der Waals surface area contributed by atoms with Crippen LogP contribution in [0.15, 0.2) is 29.2 Å².